The number of nitrogens with zero attached hydrogens (tertiary/aromatic N) is 1. The summed E-state index contributed by atoms with van der Waals surface area (Å²) < 4.78 is 0. The van der Waals surface area contributed by atoms with Crippen molar-refractivity contribution in [2.24, 2.45) is 0 Å². The molecule has 0 saturated carbocycles. The summed E-state index contributed by atoms with van der Waals surface area (Å²) in [6.45, 7) is 2.27. The van der Waals surface area contributed by atoms with Crippen LogP contribution >= 0.6 is 0 Å². The van der Waals surface area contributed by atoms with E-state index in [4.69, 9.17) is 5.26 Å². The van der Waals surface area contributed by atoms with Crippen LogP contribution in [0, 0.1) is 23.2 Å². The van der Waals surface area contributed by atoms with E-state index in [9.17, 15) is 0 Å². The number of unbranched alkanes of at least 4 members (excludes halogenated alkanes) is 15. The van der Waals surface area contributed by atoms with E-state index in [-0.39, 0.29) is 0 Å². The summed E-state index contributed by atoms with van der Waals surface area (Å²) in [5, 5.41) is 8.44. The molecular weight excluding hydrogens is 266 g/mol. The minimum Gasteiger partial charge on any atom is -0.198 e. The van der Waals surface area contributed by atoms with Crippen molar-refractivity contribution >= 4 is 0 Å². The normalized spacial score (nSPS) is 10.0. The SMILES string of the molecule is CCCCCCCCCCC#CCCCCCCCCC#N. The average molecular weight is 304 g/mol. The van der Waals surface area contributed by atoms with Crippen molar-refractivity contribution in [3.05, 3.63) is 0 Å². The van der Waals surface area contributed by atoms with Gasteiger partial charge in [0.15, 0.2) is 0 Å². The Labute approximate surface area is 139 Å². The van der Waals surface area contributed by atoms with Gasteiger partial charge in [-0.15, -0.1) is 11.8 Å². The Kier molecular flexibility index (Phi) is 19.2. The van der Waals surface area contributed by atoms with Crippen LogP contribution in [0.25, 0.3) is 0 Å². The van der Waals surface area contributed by atoms with Crippen molar-refractivity contribution in [3.8, 4) is 17.9 Å². The molecule has 1 nitrogen and oxygen atoms in total. The zero-order valence-corrected chi connectivity index (χ0v) is 15.0. The van der Waals surface area contributed by atoms with E-state index in [2.05, 4.69) is 24.8 Å². The van der Waals surface area contributed by atoms with E-state index in [1.165, 1.54) is 83.5 Å². The smallest absolute Gasteiger partial charge is 0.0621 e. The maximum absolute atomic E-state index is 8.44. The highest BCUT2D eigenvalue weighted by Gasteiger charge is 1.91. The third-order valence-electron chi connectivity index (χ3n) is 4.12. The molecule has 0 amide bonds. The predicted octanol–water partition coefficient (Wildman–Crippen LogP) is 7.16. The second kappa shape index (κ2) is 20.1. The number of hydrogen-bond acceptors (Lipinski definition) is 1. The average Bonchev–Trinajstić information content (AvgIpc) is 2.54. The second-order valence-electron chi connectivity index (χ2n) is 6.36. The first-order valence-corrected chi connectivity index (χ1v) is 9.74. The van der Waals surface area contributed by atoms with Gasteiger partial charge < -0.3 is 0 Å². The van der Waals surface area contributed by atoms with Crippen LogP contribution in [0.2, 0.25) is 0 Å². The zero-order valence-electron chi connectivity index (χ0n) is 15.0. The van der Waals surface area contributed by atoms with Crippen LogP contribution in [0.4, 0.5) is 0 Å². The Balaban J connectivity index is 3.08. The molecule has 0 radical (unpaired) electrons. The first-order chi connectivity index (χ1) is 10.9. The predicted molar refractivity (Wildman–Crippen MR) is 97.6 cm³/mol. The maximum Gasteiger partial charge on any atom is 0.0621 e. The summed E-state index contributed by atoms with van der Waals surface area (Å²) in [7, 11) is 0. The van der Waals surface area contributed by atoms with Crippen molar-refractivity contribution < 1.29 is 0 Å². The van der Waals surface area contributed by atoms with Gasteiger partial charge in [-0.2, -0.15) is 5.26 Å². The summed E-state index contributed by atoms with van der Waals surface area (Å²) in [6, 6.07) is 2.20. The fraction of sp³-hybridized carbons (Fsp3) is 0.857. The Morgan fingerprint density at radius 3 is 1.27 bits per heavy atom. The first kappa shape index (κ1) is 21.0. The van der Waals surface area contributed by atoms with Crippen molar-refractivity contribution in [2.75, 3.05) is 0 Å². The molecule has 0 fully saturated rings. The summed E-state index contributed by atoms with van der Waals surface area (Å²) in [5.74, 6) is 6.65. The lowest BCUT2D eigenvalue weighted by Gasteiger charge is -1.99. The fourth-order valence-corrected chi connectivity index (χ4v) is 2.65. The fourth-order valence-electron chi connectivity index (χ4n) is 2.65. The van der Waals surface area contributed by atoms with Crippen molar-refractivity contribution in [1.29, 1.82) is 5.26 Å². The van der Waals surface area contributed by atoms with E-state index in [0.29, 0.717) is 0 Å². The summed E-state index contributed by atoms with van der Waals surface area (Å²) >= 11 is 0. The van der Waals surface area contributed by atoms with Gasteiger partial charge in [-0.1, -0.05) is 77.6 Å². The first-order valence-electron chi connectivity index (χ1n) is 9.74. The summed E-state index contributed by atoms with van der Waals surface area (Å²) in [6.07, 6.45) is 21.4. The lowest BCUT2D eigenvalue weighted by molar-refractivity contribution is 0.579. The third kappa shape index (κ3) is 19.1. The molecule has 0 bridgehead atoms. The minimum absolute atomic E-state index is 0.726. The molecule has 0 spiro atoms. The monoisotopic (exact) mass is 303 g/mol. The highest BCUT2D eigenvalue weighted by atomic mass is 14.2. The molecule has 0 aliphatic rings. The Hall–Kier alpha value is -0.950. The molecule has 22 heavy (non-hydrogen) atoms. The Morgan fingerprint density at radius 1 is 0.500 bits per heavy atom. The highest BCUT2D eigenvalue weighted by molar-refractivity contribution is 4.98. The molecule has 0 unspecified atom stereocenters. The molecular formula is C21H37N. The lowest BCUT2D eigenvalue weighted by atomic mass is 10.1. The van der Waals surface area contributed by atoms with E-state index in [1.807, 2.05) is 0 Å². The largest absolute Gasteiger partial charge is 0.198 e. The van der Waals surface area contributed by atoms with Gasteiger partial charge in [0.2, 0.25) is 0 Å². The number of nitriles is 1. The molecule has 0 N–H and O–H groups in total. The molecule has 0 aliphatic carbocycles. The van der Waals surface area contributed by atoms with Crippen LogP contribution in [0.15, 0.2) is 0 Å². The van der Waals surface area contributed by atoms with Gasteiger partial charge >= 0.3 is 0 Å². The summed E-state index contributed by atoms with van der Waals surface area (Å²) in [4.78, 5) is 0. The molecule has 126 valence electrons. The third-order valence-corrected chi connectivity index (χ3v) is 4.12. The van der Waals surface area contributed by atoms with Gasteiger partial charge in [-0.25, -0.2) is 0 Å². The lowest BCUT2D eigenvalue weighted by Crippen LogP contribution is -1.80. The van der Waals surface area contributed by atoms with Gasteiger partial charge in [-0.05, 0) is 19.3 Å². The van der Waals surface area contributed by atoms with Crippen LogP contribution in [-0.4, -0.2) is 0 Å². The molecule has 0 aromatic rings. The van der Waals surface area contributed by atoms with E-state index in [0.717, 1.165) is 25.7 Å². The number of rotatable bonds is 15. The Morgan fingerprint density at radius 2 is 0.864 bits per heavy atom. The molecule has 1 heteroatoms. The van der Waals surface area contributed by atoms with Crippen LogP contribution in [-0.2, 0) is 0 Å². The van der Waals surface area contributed by atoms with E-state index >= 15 is 0 Å². The molecule has 0 aromatic heterocycles. The highest BCUT2D eigenvalue weighted by Crippen LogP contribution is 2.10. The standard InChI is InChI=1S/C21H37N/c1-2-3-4-5-6-7-8-9-10-11-12-13-14-15-16-17-18-19-20-21-22/h2-10,13-20H2,1H3. The van der Waals surface area contributed by atoms with Crippen LogP contribution in [0.3, 0.4) is 0 Å². The van der Waals surface area contributed by atoms with Crippen LogP contribution in [0.5, 0.6) is 0 Å². The molecule has 0 heterocycles. The zero-order chi connectivity index (χ0) is 16.1. The maximum atomic E-state index is 8.44. The molecule has 0 rings (SSSR count). The van der Waals surface area contributed by atoms with Gasteiger partial charge in [0.05, 0.1) is 6.07 Å². The van der Waals surface area contributed by atoms with E-state index < -0.39 is 0 Å². The second-order valence-corrected chi connectivity index (χ2v) is 6.36. The van der Waals surface area contributed by atoms with Crippen molar-refractivity contribution in [3.63, 3.8) is 0 Å². The minimum atomic E-state index is 0.726. The van der Waals surface area contributed by atoms with Crippen molar-refractivity contribution in [2.45, 2.75) is 116 Å². The Bertz CT molecular complexity index is 302. The molecule has 0 saturated heterocycles. The van der Waals surface area contributed by atoms with Crippen molar-refractivity contribution in [1.82, 2.24) is 0 Å². The van der Waals surface area contributed by atoms with E-state index in [1.54, 1.807) is 0 Å². The van der Waals surface area contributed by atoms with Gasteiger partial charge in [0.25, 0.3) is 0 Å². The topological polar surface area (TPSA) is 23.8 Å². The molecule has 0 aliphatic heterocycles. The van der Waals surface area contributed by atoms with Gasteiger partial charge in [-0.3, -0.25) is 0 Å². The molecule has 0 aromatic carbocycles. The van der Waals surface area contributed by atoms with Gasteiger partial charge in [0.1, 0.15) is 0 Å². The van der Waals surface area contributed by atoms with Crippen LogP contribution in [0.1, 0.15) is 116 Å². The number of hydrogen-bond donors (Lipinski definition) is 0. The summed E-state index contributed by atoms with van der Waals surface area (Å²) in [5.41, 5.74) is 0. The van der Waals surface area contributed by atoms with Crippen LogP contribution < -0.4 is 0 Å². The quantitative estimate of drug-likeness (QED) is 0.232. The molecule has 0 atom stereocenters. The van der Waals surface area contributed by atoms with Gasteiger partial charge in [0, 0.05) is 19.3 Å².